The first-order chi connectivity index (χ1) is 8.65. The largest absolute Gasteiger partial charge is 0.358 e. The Morgan fingerprint density at radius 2 is 2.28 bits per heavy atom. The number of hydrogen-bond acceptors (Lipinski definition) is 4. The number of hydrazone groups is 1. The van der Waals surface area contributed by atoms with Gasteiger partial charge in [-0.2, -0.15) is 5.10 Å². The smallest absolute Gasteiger partial charge is 0.278 e. The molecule has 0 spiro atoms. The molecule has 18 heavy (non-hydrogen) atoms. The van der Waals surface area contributed by atoms with E-state index in [1.165, 1.54) is 12.3 Å². The summed E-state index contributed by atoms with van der Waals surface area (Å²) < 4.78 is 0. The van der Waals surface area contributed by atoms with E-state index in [2.05, 4.69) is 22.4 Å². The minimum absolute atomic E-state index is 0.00646. The van der Waals surface area contributed by atoms with Gasteiger partial charge in [0.15, 0.2) is 5.11 Å². The normalized spacial score (nSPS) is 10.0. The molecule has 0 fully saturated rings. The van der Waals surface area contributed by atoms with Crippen LogP contribution in [0.3, 0.4) is 0 Å². The third-order valence-electron chi connectivity index (χ3n) is 1.91. The van der Waals surface area contributed by atoms with Gasteiger partial charge < -0.3 is 5.32 Å². The molecule has 0 saturated heterocycles. The Hall–Kier alpha value is -2.28. The van der Waals surface area contributed by atoms with Crippen molar-refractivity contribution in [3.8, 4) is 0 Å². The Morgan fingerprint density at radius 3 is 2.94 bits per heavy atom. The Bertz CT molecular complexity index is 488. The van der Waals surface area contributed by atoms with Crippen molar-refractivity contribution in [1.29, 1.82) is 0 Å². The van der Waals surface area contributed by atoms with Crippen LogP contribution in [0.25, 0.3) is 0 Å². The molecule has 6 nitrogen and oxygen atoms in total. The van der Waals surface area contributed by atoms with Crippen molar-refractivity contribution in [3.05, 3.63) is 52.6 Å². The molecule has 0 aliphatic heterocycles. The number of hydrogen-bond donors (Lipinski definition) is 2. The quantitative estimate of drug-likeness (QED) is 0.277. The van der Waals surface area contributed by atoms with Crippen LogP contribution in [-0.2, 0) is 0 Å². The average molecular weight is 264 g/mol. The summed E-state index contributed by atoms with van der Waals surface area (Å²) >= 11 is 4.90. The monoisotopic (exact) mass is 264 g/mol. The van der Waals surface area contributed by atoms with Crippen molar-refractivity contribution in [2.45, 2.75) is 0 Å². The Labute approximate surface area is 110 Å². The van der Waals surface area contributed by atoms with Gasteiger partial charge in [-0.05, 0) is 18.3 Å². The van der Waals surface area contributed by atoms with Gasteiger partial charge in [-0.1, -0.05) is 18.2 Å². The summed E-state index contributed by atoms with van der Waals surface area (Å²) in [6.45, 7) is 4.05. The molecule has 0 aromatic heterocycles. The second kappa shape index (κ2) is 7.13. The van der Waals surface area contributed by atoms with Gasteiger partial charge >= 0.3 is 0 Å². The van der Waals surface area contributed by atoms with E-state index in [-0.39, 0.29) is 5.69 Å². The predicted molar refractivity (Wildman–Crippen MR) is 74.6 cm³/mol. The minimum Gasteiger partial charge on any atom is -0.358 e. The Balaban J connectivity index is 2.64. The van der Waals surface area contributed by atoms with E-state index in [4.69, 9.17) is 12.2 Å². The number of rotatable bonds is 5. The first-order valence-electron chi connectivity index (χ1n) is 5.06. The number of nitro groups is 1. The molecule has 0 unspecified atom stereocenters. The van der Waals surface area contributed by atoms with E-state index >= 15 is 0 Å². The highest BCUT2D eigenvalue weighted by Gasteiger charge is 2.09. The molecule has 0 saturated carbocycles. The van der Waals surface area contributed by atoms with Crippen LogP contribution in [0.15, 0.2) is 42.0 Å². The highest BCUT2D eigenvalue weighted by atomic mass is 32.1. The zero-order valence-electron chi connectivity index (χ0n) is 9.50. The van der Waals surface area contributed by atoms with Crippen LogP contribution in [0.5, 0.6) is 0 Å². The zero-order valence-corrected chi connectivity index (χ0v) is 10.3. The maximum absolute atomic E-state index is 10.7. The maximum atomic E-state index is 10.7. The topological polar surface area (TPSA) is 79.6 Å². The van der Waals surface area contributed by atoms with Crippen molar-refractivity contribution in [2.75, 3.05) is 6.54 Å². The standard InChI is InChI=1S/C11H12N4O2S/c1-2-7-12-11(18)14-13-8-9-5-3-4-6-10(9)15(16)17/h2-6,8H,1,7H2,(H2,12,14,18). The molecule has 0 amide bonds. The van der Waals surface area contributed by atoms with E-state index in [0.717, 1.165) is 0 Å². The van der Waals surface area contributed by atoms with Crippen LogP contribution in [-0.4, -0.2) is 22.8 Å². The molecule has 1 rings (SSSR count). The minimum atomic E-state index is -0.463. The van der Waals surface area contributed by atoms with Crippen LogP contribution >= 0.6 is 12.2 Å². The SMILES string of the molecule is C=CCNC(=S)NN=Cc1ccccc1[N+](=O)[O-]. The lowest BCUT2D eigenvalue weighted by atomic mass is 10.2. The van der Waals surface area contributed by atoms with Crippen molar-refractivity contribution in [3.63, 3.8) is 0 Å². The number of nitro benzene ring substituents is 1. The number of nitrogens with zero attached hydrogens (tertiary/aromatic N) is 2. The van der Waals surface area contributed by atoms with Gasteiger partial charge in [0.1, 0.15) is 0 Å². The number of benzene rings is 1. The number of thiocarbonyl (C=S) groups is 1. The first kappa shape index (κ1) is 13.8. The molecule has 1 aromatic rings. The molecular formula is C11H12N4O2S. The third kappa shape index (κ3) is 4.30. The van der Waals surface area contributed by atoms with Gasteiger partial charge in [-0.25, -0.2) is 0 Å². The molecule has 94 valence electrons. The molecule has 0 atom stereocenters. The molecular weight excluding hydrogens is 252 g/mol. The lowest BCUT2D eigenvalue weighted by Crippen LogP contribution is -2.31. The van der Waals surface area contributed by atoms with Gasteiger partial charge in [0.05, 0.1) is 16.7 Å². The van der Waals surface area contributed by atoms with Crippen LogP contribution < -0.4 is 10.7 Å². The summed E-state index contributed by atoms with van der Waals surface area (Å²) in [5, 5.41) is 17.7. The molecule has 7 heteroatoms. The molecule has 1 aromatic carbocycles. The molecule has 2 N–H and O–H groups in total. The first-order valence-corrected chi connectivity index (χ1v) is 5.47. The van der Waals surface area contributed by atoms with Crippen LogP contribution in [0.1, 0.15) is 5.56 Å². The van der Waals surface area contributed by atoms with Crippen molar-refractivity contribution in [1.82, 2.24) is 10.7 Å². The lowest BCUT2D eigenvalue weighted by molar-refractivity contribution is -0.385. The van der Waals surface area contributed by atoms with Crippen LogP contribution in [0.4, 0.5) is 5.69 Å². The van der Waals surface area contributed by atoms with Crippen molar-refractivity contribution >= 4 is 29.2 Å². The van der Waals surface area contributed by atoms with E-state index in [1.807, 2.05) is 0 Å². The van der Waals surface area contributed by atoms with Gasteiger partial charge in [0, 0.05) is 12.6 Å². The summed E-state index contributed by atoms with van der Waals surface area (Å²) in [4.78, 5) is 10.3. The fourth-order valence-electron chi connectivity index (χ4n) is 1.13. The number of nitrogens with one attached hydrogen (secondary N) is 2. The molecule has 0 radical (unpaired) electrons. The second-order valence-corrected chi connectivity index (χ2v) is 3.59. The molecule has 0 aliphatic carbocycles. The van der Waals surface area contributed by atoms with Crippen molar-refractivity contribution < 1.29 is 4.92 Å². The van der Waals surface area contributed by atoms with Gasteiger partial charge in [0.25, 0.3) is 5.69 Å². The number of para-hydroxylation sites is 1. The predicted octanol–water partition coefficient (Wildman–Crippen LogP) is 1.58. The maximum Gasteiger partial charge on any atom is 0.278 e. The highest BCUT2D eigenvalue weighted by molar-refractivity contribution is 7.80. The van der Waals surface area contributed by atoms with Gasteiger partial charge in [-0.3, -0.25) is 15.5 Å². The summed E-state index contributed by atoms with van der Waals surface area (Å²) in [5.74, 6) is 0. The molecule has 0 aliphatic rings. The molecule has 0 bridgehead atoms. The van der Waals surface area contributed by atoms with E-state index in [0.29, 0.717) is 17.2 Å². The highest BCUT2D eigenvalue weighted by Crippen LogP contribution is 2.14. The van der Waals surface area contributed by atoms with Gasteiger partial charge in [-0.15, -0.1) is 6.58 Å². The zero-order chi connectivity index (χ0) is 13.4. The van der Waals surface area contributed by atoms with E-state index in [1.54, 1.807) is 24.3 Å². The van der Waals surface area contributed by atoms with Crippen molar-refractivity contribution in [2.24, 2.45) is 5.10 Å². The Kier molecular flexibility index (Phi) is 5.46. The summed E-state index contributed by atoms with van der Waals surface area (Å²) in [6.07, 6.45) is 3.00. The Morgan fingerprint density at radius 1 is 1.56 bits per heavy atom. The summed E-state index contributed by atoms with van der Waals surface area (Å²) in [7, 11) is 0. The average Bonchev–Trinajstić information content (AvgIpc) is 2.36. The van der Waals surface area contributed by atoms with E-state index < -0.39 is 4.92 Å². The second-order valence-electron chi connectivity index (χ2n) is 3.18. The van der Waals surface area contributed by atoms with Gasteiger partial charge in [0.2, 0.25) is 0 Å². The summed E-state index contributed by atoms with van der Waals surface area (Å²) in [6, 6.07) is 6.31. The fraction of sp³-hybridized carbons (Fsp3) is 0.0909. The lowest BCUT2D eigenvalue weighted by Gasteiger charge is -2.03. The van der Waals surface area contributed by atoms with E-state index in [9.17, 15) is 10.1 Å². The molecule has 0 heterocycles. The summed E-state index contributed by atoms with van der Waals surface area (Å²) in [5.41, 5.74) is 2.95. The fourth-order valence-corrected chi connectivity index (χ4v) is 1.26. The van der Waals surface area contributed by atoms with Crippen LogP contribution in [0.2, 0.25) is 0 Å². The third-order valence-corrected chi connectivity index (χ3v) is 2.15. The van der Waals surface area contributed by atoms with Crippen LogP contribution in [0, 0.1) is 10.1 Å².